The molecular weight excluding hydrogens is 246 g/mol. The summed E-state index contributed by atoms with van der Waals surface area (Å²) in [5.41, 5.74) is 0.724. The Hall–Kier alpha value is -0.440. The van der Waals surface area contributed by atoms with Crippen molar-refractivity contribution in [1.29, 1.82) is 0 Å². The van der Waals surface area contributed by atoms with Crippen LogP contribution in [0.3, 0.4) is 0 Å². The molecule has 1 N–H and O–H groups in total. The summed E-state index contributed by atoms with van der Waals surface area (Å²) in [6, 6.07) is 6.68. The number of aliphatic carboxylic acids is 1. The minimum atomic E-state index is -1.78. The minimum Gasteiger partial charge on any atom is -0.479 e. The Morgan fingerprint density at radius 1 is 1.29 bits per heavy atom. The standard InChI is InChI=1S/C9H7Cl3O2/c10-7-3-1-6(2-4-7)5-9(11,12)8(13)14/h1-4H,5H2,(H,13,14). The van der Waals surface area contributed by atoms with Crippen LogP contribution in [0.15, 0.2) is 24.3 Å². The van der Waals surface area contributed by atoms with Gasteiger partial charge in [-0.1, -0.05) is 46.9 Å². The van der Waals surface area contributed by atoms with Crippen LogP contribution in [-0.4, -0.2) is 15.4 Å². The van der Waals surface area contributed by atoms with E-state index >= 15 is 0 Å². The van der Waals surface area contributed by atoms with E-state index in [-0.39, 0.29) is 6.42 Å². The second-order valence-electron chi connectivity index (χ2n) is 2.81. The highest BCUT2D eigenvalue weighted by Crippen LogP contribution is 2.26. The molecule has 0 aliphatic carbocycles. The quantitative estimate of drug-likeness (QED) is 0.840. The summed E-state index contributed by atoms with van der Waals surface area (Å²) in [7, 11) is 0. The Morgan fingerprint density at radius 3 is 2.21 bits per heavy atom. The maximum Gasteiger partial charge on any atom is 0.340 e. The Balaban J connectivity index is 2.79. The number of carbonyl (C=O) groups is 1. The van der Waals surface area contributed by atoms with Gasteiger partial charge in [-0.05, 0) is 17.7 Å². The lowest BCUT2D eigenvalue weighted by atomic mass is 10.1. The molecule has 0 atom stereocenters. The summed E-state index contributed by atoms with van der Waals surface area (Å²) < 4.78 is -1.78. The summed E-state index contributed by atoms with van der Waals surface area (Å²) in [6.45, 7) is 0. The SMILES string of the molecule is O=C(O)C(Cl)(Cl)Cc1ccc(Cl)cc1. The van der Waals surface area contributed by atoms with Crippen molar-refractivity contribution in [3.05, 3.63) is 34.9 Å². The van der Waals surface area contributed by atoms with Crippen molar-refractivity contribution in [2.24, 2.45) is 0 Å². The van der Waals surface area contributed by atoms with Gasteiger partial charge in [0.15, 0.2) is 0 Å². The number of carboxylic acid groups (broad SMARTS) is 1. The molecule has 0 bridgehead atoms. The summed E-state index contributed by atoms with van der Waals surface area (Å²) in [5.74, 6) is -1.25. The molecule has 0 saturated heterocycles. The van der Waals surface area contributed by atoms with Crippen molar-refractivity contribution < 1.29 is 9.90 Å². The van der Waals surface area contributed by atoms with Gasteiger partial charge in [0, 0.05) is 11.4 Å². The van der Waals surface area contributed by atoms with Crippen molar-refractivity contribution in [2.75, 3.05) is 0 Å². The smallest absolute Gasteiger partial charge is 0.340 e. The molecule has 0 saturated carbocycles. The maximum atomic E-state index is 10.6. The van der Waals surface area contributed by atoms with Gasteiger partial charge in [-0.2, -0.15) is 0 Å². The fourth-order valence-corrected chi connectivity index (χ4v) is 1.37. The molecule has 0 aromatic heterocycles. The zero-order valence-corrected chi connectivity index (χ0v) is 9.27. The first-order chi connectivity index (χ1) is 6.42. The van der Waals surface area contributed by atoms with Gasteiger partial charge in [-0.15, -0.1) is 0 Å². The number of hydrogen-bond donors (Lipinski definition) is 1. The topological polar surface area (TPSA) is 37.3 Å². The van der Waals surface area contributed by atoms with Crippen LogP contribution in [0, 0.1) is 0 Å². The predicted molar refractivity (Wildman–Crippen MR) is 57.2 cm³/mol. The van der Waals surface area contributed by atoms with Gasteiger partial charge in [-0.3, -0.25) is 0 Å². The van der Waals surface area contributed by atoms with Crippen molar-refractivity contribution in [2.45, 2.75) is 10.8 Å². The van der Waals surface area contributed by atoms with E-state index < -0.39 is 10.3 Å². The van der Waals surface area contributed by atoms with E-state index in [9.17, 15) is 4.79 Å². The fourth-order valence-electron chi connectivity index (χ4n) is 0.934. The number of alkyl halides is 2. The minimum absolute atomic E-state index is 0.0443. The summed E-state index contributed by atoms with van der Waals surface area (Å²) >= 11 is 16.8. The third-order valence-electron chi connectivity index (χ3n) is 1.65. The highest BCUT2D eigenvalue weighted by Gasteiger charge is 2.33. The van der Waals surface area contributed by atoms with Crippen molar-refractivity contribution in [3.8, 4) is 0 Å². The molecule has 0 heterocycles. The van der Waals surface area contributed by atoms with Gasteiger partial charge >= 0.3 is 5.97 Å². The van der Waals surface area contributed by atoms with Gasteiger partial charge < -0.3 is 5.11 Å². The molecule has 0 aliphatic heterocycles. The Bertz CT molecular complexity index is 332. The molecule has 2 nitrogen and oxygen atoms in total. The van der Waals surface area contributed by atoms with E-state index in [4.69, 9.17) is 39.9 Å². The van der Waals surface area contributed by atoms with Gasteiger partial charge in [0.25, 0.3) is 0 Å². The van der Waals surface area contributed by atoms with Gasteiger partial charge in [-0.25, -0.2) is 4.79 Å². The normalized spacial score (nSPS) is 11.4. The monoisotopic (exact) mass is 252 g/mol. The molecule has 1 aromatic carbocycles. The average Bonchev–Trinajstić information content (AvgIpc) is 2.08. The predicted octanol–water partition coefficient (Wildman–Crippen LogP) is 3.14. The molecule has 0 aliphatic rings. The van der Waals surface area contributed by atoms with Crippen LogP contribution < -0.4 is 0 Å². The van der Waals surface area contributed by atoms with E-state index in [2.05, 4.69) is 0 Å². The highest BCUT2D eigenvalue weighted by molar-refractivity contribution is 6.57. The molecule has 0 fully saturated rings. The molecule has 0 unspecified atom stereocenters. The maximum absolute atomic E-state index is 10.6. The summed E-state index contributed by atoms with van der Waals surface area (Å²) in [6.07, 6.45) is 0.0443. The average molecular weight is 254 g/mol. The highest BCUT2D eigenvalue weighted by atomic mass is 35.5. The molecule has 0 spiro atoms. The fraction of sp³-hybridized carbons (Fsp3) is 0.222. The molecule has 1 aromatic rings. The molecule has 5 heteroatoms. The molecule has 0 radical (unpaired) electrons. The Labute approximate surface area is 96.4 Å². The zero-order chi connectivity index (χ0) is 10.8. The van der Waals surface area contributed by atoms with E-state index in [1.807, 2.05) is 0 Å². The number of carboxylic acids is 1. The molecule has 76 valence electrons. The molecule has 0 amide bonds. The van der Waals surface area contributed by atoms with E-state index in [0.717, 1.165) is 5.56 Å². The van der Waals surface area contributed by atoms with E-state index in [1.54, 1.807) is 24.3 Å². The lowest BCUT2D eigenvalue weighted by Crippen LogP contribution is -2.28. The third kappa shape index (κ3) is 3.05. The van der Waals surface area contributed by atoms with Crippen LogP contribution in [0.4, 0.5) is 0 Å². The lowest BCUT2D eigenvalue weighted by molar-refractivity contribution is -0.137. The van der Waals surface area contributed by atoms with Gasteiger partial charge in [0.2, 0.25) is 4.33 Å². The number of benzene rings is 1. The first kappa shape index (κ1) is 11.6. The Morgan fingerprint density at radius 2 is 1.79 bits per heavy atom. The van der Waals surface area contributed by atoms with Gasteiger partial charge in [0.05, 0.1) is 0 Å². The molecular formula is C9H7Cl3O2. The van der Waals surface area contributed by atoms with Crippen LogP contribution in [0.2, 0.25) is 5.02 Å². The summed E-state index contributed by atoms with van der Waals surface area (Å²) in [5, 5.41) is 9.25. The van der Waals surface area contributed by atoms with Crippen molar-refractivity contribution >= 4 is 40.8 Å². The number of halogens is 3. The number of hydrogen-bond acceptors (Lipinski definition) is 1. The van der Waals surface area contributed by atoms with Crippen LogP contribution in [0.1, 0.15) is 5.56 Å². The van der Waals surface area contributed by atoms with E-state index in [0.29, 0.717) is 5.02 Å². The summed E-state index contributed by atoms with van der Waals surface area (Å²) in [4.78, 5) is 10.6. The Kier molecular flexibility index (Phi) is 3.65. The molecule has 1 rings (SSSR count). The first-order valence-corrected chi connectivity index (χ1v) is 4.91. The largest absolute Gasteiger partial charge is 0.479 e. The van der Waals surface area contributed by atoms with E-state index in [1.165, 1.54) is 0 Å². The third-order valence-corrected chi connectivity index (χ3v) is 2.49. The van der Waals surface area contributed by atoms with Crippen LogP contribution in [0.25, 0.3) is 0 Å². The van der Waals surface area contributed by atoms with Crippen LogP contribution in [-0.2, 0) is 11.2 Å². The van der Waals surface area contributed by atoms with Crippen molar-refractivity contribution in [1.82, 2.24) is 0 Å². The lowest BCUT2D eigenvalue weighted by Gasteiger charge is -2.13. The first-order valence-electron chi connectivity index (χ1n) is 3.77. The van der Waals surface area contributed by atoms with Gasteiger partial charge in [0.1, 0.15) is 0 Å². The van der Waals surface area contributed by atoms with Crippen LogP contribution >= 0.6 is 34.8 Å². The van der Waals surface area contributed by atoms with Crippen LogP contribution in [0.5, 0.6) is 0 Å². The number of rotatable bonds is 3. The second kappa shape index (κ2) is 4.39. The zero-order valence-electron chi connectivity index (χ0n) is 7.01. The molecule has 14 heavy (non-hydrogen) atoms. The van der Waals surface area contributed by atoms with Crippen molar-refractivity contribution in [3.63, 3.8) is 0 Å². The second-order valence-corrected chi connectivity index (χ2v) is 4.73.